The molecule has 2 aromatic rings. The Morgan fingerprint density at radius 3 is 3.00 bits per heavy atom. The Hall–Kier alpha value is -2.02. The Bertz CT molecular complexity index is 573. The van der Waals surface area contributed by atoms with Crippen molar-refractivity contribution >= 4 is 23.1 Å². The van der Waals surface area contributed by atoms with Gasteiger partial charge in [0.2, 0.25) is 0 Å². The van der Waals surface area contributed by atoms with Gasteiger partial charge in [-0.25, -0.2) is 9.97 Å². The molecule has 0 saturated carbocycles. The van der Waals surface area contributed by atoms with Gasteiger partial charge in [0.15, 0.2) is 0 Å². The van der Waals surface area contributed by atoms with E-state index in [1.54, 1.807) is 23.7 Å². The lowest BCUT2D eigenvalue weighted by atomic mass is 10.2. The van der Waals surface area contributed by atoms with Crippen LogP contribution in [-0.2, 0) is 0 Å². The number of aromatic nitrogens is 3. The van der Waals surface area contributed by atoms with Gasteiger partial charge in [0, 0.05) is 30.6 Å². The fraction of sp³-hybridized carbons (Fsp3) is 0.429. The molecule has 112 valence electrons. The molecule has 1 amide bonds. The number of hydrogen-bond acceptors (Lipinski definition) is 6. The van der Waals surface area contributed by atoms with Gasteiger partial charge in [-0.1, -0.05) is 13.8 Å². The van der Waals surface area contributed by atoms with Crippen LogP contribution in [-0.4, -0.2) is 33.9 Å². The van der Waals surface area contributed by atoms with Crippen LogP contribution < -0.4 is 10.6 Å². The smallest absolute Gasteiger partial charge is 0.271 e. The van der Waals surface area contributed by atoms with Gasteiger partial charge < -0.3 is 10.6 Å². The topological polar surface area (TPSA) is 79.8 Å². The molecule has 6 nitrogen and oxygen atoms in total. The molecule has 0 aliphatic rings. The van der Waals surface area contributed by atoms with E-state index in [-0.39, 0.29) is 11.8 Å². The van der Waals surface area contributed by atoms with Gasteiger partial charge in [0.1, 0.15) is 11.5 Å². The second-order valence-corrected chi connectivity index (χ2v) is 5.62. The van der Waals surface area contributed by atoms with Crippen LogP contribution in [0.1, 0.15) is 41.7 Å². The summed E-state index contributed by atoms with van der Waals surface area (Å²) in [7, 11) is 0. The zero-order chi connectivity index (χ0) is 15.1. The highest BCUT2D eigenvalue weighted by atomic mass is 32.1. The quantitative estimate of drug-likeness (QED) is 0.820. The van der Waals surface area contributed by atoms with Crippen molar-refractivity contribution in [3.8, 4) is 0 Å². The maximum atomic E-state index is 12.1. The Balaban J connectivity index is 1.91. The average molecular weight is 305 g/mol. The van der Waals surface area contributed by atoms with Crippen molar-refractivity contribution in [3.63, 3.8) is 0 Å². The highest BCUT2D eigenvalue weighted by Gasteiger charge is 2.12. The molecule has 0 fully saturated rings. The second kappa shape index (κ2) is 7.68. The van der Waals surface area contributed by atoms with Crippen molar-refractivity contribution in [1.29, 1.82) is 0 Å². The summed E-state index contributed by atoms with van der Waals surface area (Å²) in [6.45, 7) is 5.43. The van der Waals surface area contributed by atoms with Crippen molar-refractivity contribution in [2.45, 2.75) is 26.2 Å². The number of nitrogens with one attached hydrogen (secondary N) is 2. The summed E-state index contributed by atoms with van der Waals surface area (Å²) < 4.78 is 0. The third-order valence-corrected chi connectivity index (χ3v) is 3.87. The van der Waals surface area contributed by atoms with Crippen molar-refractivity contribution in [2.24, 2.45) is 0 Å². The zero-order valence-electron chi connectivity index (χ0n) is 12.2. The molecule has 0 spiro atoms. The first kappa shape index (κ1) is 15.4. The number of carbonyl (C=O) groups is 1. The molecule has 21 heavy (non-hydrogen) atoms. The van der Waals surface area contributed by atoms with Crippen molar-refractivity contribution in [2.75, 3.05) is 18.4 Å². The van der Waals surface area contributed by atoms with E-state index in [0.717, 1.165) is 18.0 Å². The molecule has 2 N–H and O–H groups in total. The maximum absolute atomic E-state index is 12.1. The van der Waals surface area contributed by atoms with E-state index >= 15 is 0 Å². The fourth-order valence-corrected chi connectivity index (χ4v) is 2.41. The van der Waals surface area contributed by atoms with Crippen molar-refractivity contribution in [3.05, 3.63) is 34.7 Å². The number of anilines is 1. The number of amides is 1. The molecule has 2 rings (SSSR count). The van der Waals surface area contributed by atoms with Gasteiger partial charge >= 0.3 is 0 Å². The molecule has 0 aliphatic heterocycles. The van der Waals surface area contributed by atoms with Gasteiger partial charge in [-0.2, -0.15) is 0 Å². The lowest BCUT2D eigenvalue weighted by Crippen LogP contribution is -2.28. The van der Waals surface area contributed by atoms with Crippen LogP contribution in [0.2, 0.25) is 0 Å². The Labute approximate surface area is 128 Å². The summed E-state index contributed by atoms with van der Waals surface area (Å²) in [4.78, 5) is 24.6. The molecular formula is C14H19N5OS. The Kier molecular flexibility index (Phi) is 5.62. The third-order valence-electron chi connectivity index (χ3n) is 2.87. The number of carbonyl (C=O) groups excluding carboxylic acids is 1. The molecule has 0 radical (unpaired) electrons. The van der Waals surface area contributed by atoms with Crippen LogP contribution in [0.4, 0.5) is 5.82 Å². The minimum atomic E-state index is -0.217. The third kappa shape index (κ3) is 4.49. The van der Waals surface area contributed by atoms with E-state index < -0.39 is 0 Å². The number of thiazole rings is 1. The minimum Gasteiger partial charge on any atom is -0.369 e. The van der Waals surface area contributed by atoms with Crippen molar-refractivity contribution < 1.29 is 4.79 Å². The molecule has 7 heteroatoms. The predicted molar refractivity (Wildman–Crippen MR) is 83.7 cm³/mol. The summed E-state index contributed by atoms with van der Waals surface area (Å²) in [5.41, 5.74) is 0.322. The first-order chi connectivity index (χ1) is 10.2. The first-order valence-electron chi connectivity index (χ1n) is 6.94. The SMILES string of the molecule is CCCNc1cncc(C(=O)NCC(C)c2nccs2)n1. The molecule has 1 atom stereocenters. The van der Waals surface area contributed by atoms with Gasteiger partial charge in [0.25, 0.3) is 5.91 Å². The minimum absolute atomic E-state index is 0.184. The molecule has 0 bridgehead atoms. The Morgan fingerprint density at radius 2 is 2.29 bits per heavy atom. The summed E-state index contributed by atoms with van der Waals surface area (Å²) in [5, 5.41) is 8.93. The monoisotopic (exact) mass is 305 g/mol. The van der Waals surface area contributed by atoms with E-state index in [1.807, 2.05) is 12.3 Å². The van der Waals surface area contributed by atoms with Crippen molar-refractivity contribution in [1.82, 2.24) is 20.3 Å². The molecule has 1 unspecified atom stereocenters. The van der Waals surface area contributed by atoms with E-state index in [4.69, 9.17) is 0 Å². The molecule has 0 aromatic carbocycles. The van der Waals surface area contributed by atoms with Gasteiger partial charge in [-0.05, 0) is 6.42 Å². The summed E-state index contributed by atoms with van der Waals surface area (Å²) >= 11 is 1.59. The van der Waals surface area contributed by atoms with Gasteiger partial charge in [-0.3, -0.25) is 9.78 Å². The largest absolute Gasteiger partial charge is 0.369 e. The van der Waals surface area contributed by atoms with E-state index in [9.17, 15) is 4.79 Å². The van der Waals surface area contributed by atoms with Crippen LogP contribution in [0.15, 0.2) is 24.0 Å². The maximum Gasteiger partial charge on any atom is 0.271 e. The normalized spacial score (nSPS) is 11.9. The number of rotatable bonds is 7. The molecule has 2 aromatic heterocycles. The second-order valence-electron chi connectivity index (χ2n) is 4.70. The highest BCUT2D eigenvalue weighted by molar-refractivity contribution is 7.09. The number of hydrogen-bond donors (Lipinski definition) is 2. The van der Waals surface area contributed by atoms with Crippen LogP contribution in [0.25, 0.3) is 0 Å². The van der Waals surface area contributed by atoms with Gasteiger partial charge in [-0.15, -0.1) is 11.3 Å². The number of nitrogens with zero attached hydrogens (tertiary/aromatic N) is 3. The van der Waals surface area contributed by atoms with E-state index in [0.29, 0.717) is 18.1 Å². The van der Waals surface area contributed by atoms with Crippen LogP contribution in [0.5, 0.6) is 0 Å². The van der Waals surface area contributed by atoms with E-state index in [1.165, 1.54) is 6.20 Å². The molecule has 2 heterocycles. The lowest BCUT2D eigenvalue weighted by Gasteiger charge is -2.10. The van der Waals surface area contributed by atoms with Gasteiger partial charge in [0.05, 0.1) is 17.4 Å². The zero-order valence-corrected chi connectivity index (χ0v) is 13.0. The first-order valence-corrected chi connectivity index (χ1v) is 7.82. The standard InChI is InChI=1S/C14H19N5OS/c1-3-4-16-12-9-15-8-11(19-12)13(20)18-7-10(2)14-17-5-6-21-14/h5-6,8-10H,3-4,7H2,1-2H3,(H,16,19)(H,18,20). The summed E-state index contributed by atoms with van der Waals surface area (Å²) in [6.07, 6.45) is 5.85. The molecular weight excluding hydrogens is 286 g/mol. The van der Waals surface area contributed by atoms with Crippen LogP contribution >= 0.6 is 11.3 Å². The Morgan fingerprint density at radius 1 is 1.43 bits per heavy atom. The summed E-state index contributed by atoms with van der Waals surface area (Å²) in [5.74, 6) is 0.590. The predicted octanol–water partition coefficient (Wildman–Crippen LogP) is 2.29. The fourth-order valence-electron chi connectivity index (χ4n) is 1.72. The van der Waals surface area contributed by atoms with Crippen LogP contribution in [0.3, 0.4) is 0 Å². The lowest BCUT2D eigenvalue weighted by molar-refractivity contribution is 0.0946. The van der Waals surface area contributed by atoms with E-state index in [2.05, 4.69) is 32.5 Å². The van der Waals surface area contributed by atoms with Crippen LogP contribution in [0, 0.1) is 0 Å². The average Bonchev–Trinajstić information content (AvgIpc) is 3.05. The molecule has 0 saturated heterocycles. The summed E-state index contributed by atoms with van der Waals surface area (Å²) in [6, 6.07) is 0. The molecule has 0 aliphatic carbocycles. The highest BCUT2D eigenvalue weighted by Crippen LogP contribution is 2.16.